The second-order valence-corrected chi connectivity index (χ2v) is 1.59. The fraction of sp³-hybridized carbons (Fsp3) is 0.250. The molecule has 5 heteroatoms. The van der Waals surface area contributed by atoms with Crippen molar-refractivity contribution in [1.29, 1.82) is 0 Å². The van der Waals surface area contributed by atoms with Crippen LogP contribution in [0.1, 0.15) is 0 Å². The van der Waals surface area contributed by atoms with E-state index in [2.05, 4.69) is 0 Å². The molecule has 5 nitrogen and oxygen atoms in total. The molecule has 0 atom stereocenters. The number of rotatable bonds is 2. The standard InChI is InChI=1S/C4H3NO4/c6-2(7)1-5-3(8)4(5)9/h1H2,(H,6,7). The van der Waals surface area contributed by atoms with Crippen LogP contribution in [0.2, 0.25) is 0 Å². The Labute approximate surface area is 48.8 Å². The molecule has 0 saturated carbocycles. The van der Waals surface area contributed by atoms with Gasteiger partial charge in [-0.2, -0.15) is 0 Å². The third kappa shape index (κ3) is 0.883. The molecule has 1 aromatic heterocycles. The Morgan fingerprint density at radius 3 is 2.00 bits per heavy atom. The lowest BCUT2D eigenvalue weighted by Crippen LogP contribution is -2.07. The van der Waals surface area contributed by atoms with Crippen LogP contribution < -0.4 is 11.1 Å². The van der Waals surface area contributed by atoms with E-state index in [1.165, 1.54) is 0 Å². The van der Waals surface area contributed by atoms with Gasteiger partial charge in [-0.25, -0.2) is 0 Å². The second kappa shape index (κ2) is 1.54. The number of aliphatic carboxylic acids is 1. The first-order valence-corrected chi connectivity index (χ1v) is 2.20. The smallest absolute Gasteiger partial charge is 0.323 e. The van der Waals surface area contributed by atoms with Gasteiger partial charge in [0.25, 0.3) is 0 Å². The maximum Gasteiger partial charge on any atom is 0.323 e. The van der Waals surface area contributed by atoms with Crippen molar-refractivity contribution in [1.82, 2.24) is 4.57 Å². The fourth-order valence-electron chi connectivity index (χ4n) is 0.443. The van der Waals surface area contributed by atoms with Crippen LogP contribution in [0.3, 0.4) is 0 Å². The van der Waals surface area contributed by atoms with Gasteiger partial charge in [-0.3, -0.25) is 19.0 Å². The highest BCUT2D eigenvalue weighted by atomic mass is 16.4. The highest BCUT2D eigenvalue weighted by Crippen LogP contribution is 1.71. The highest BCUT2D eigenvalue weighted by Gasteiger charge is 2.17. The summed E-state index contributed by atoms with van der Waals surface area (Å²) in [6, 6.07) is 0. The minimum atomic E-state index is -1.17. The molecule has 0 bridgehead atoms. The molecule has 0 spiro atoms. The number of carboxylic acid groups (broad SMARTS) is 1. The largest absolute Gasteiger partial charge is 0.480 e. The van der Waals surface area contributed by atoms with E-state index in [0.717, 1.165) is 0 Å². The first-order chi connectivity index (χ1) is 4.13. The zero-order chi connectivity index (χ0) is 7.02. The normalized spacial score (nSPS) is 10.2. The first kappa shape index (κ1) is 5.74. The molecule has 0 aromatic carbocycles. The summed E-state index contributed by atoms with van der Waals surface area (Å²) in [6.45, 7) is -0.502. The summed E-state index contributed by atoms with van der Waals surface area (Å²) in [7, 11) is 0. The molecule has 1 N–H and O–H groups in total. The molecule has 1 rings (SSSR count). The maximum atomic E-state index is 10.1. The molecule has 0 radical (unpaired) electrons. The monoisotopic (exact) mass is 129 g/mol. The number of aromatic nitrogens is 1. The van der Waals surface area contributed by atoms with E-state index < -0.39 is 23.6 Å². The van der Waals surface area contributed by atoms with Gasteiger partial charge in [-0.1, -0.05) is 0 Å². The predicted octanol–water partition coefficient (Wildman–Crippen LogP) is -1.83. The molecule has 9 heavy (non-hydrogen) atoms. The van der Waals surface area contributed by atoms with E-state index >= 15 is 0 Å². The molecule has 0 aliphatic carbocycles. The number of carbonyl (C=O) groups is 1. The third-order valence-electron chi connectivity index (χ3n) is 0.917. The van der Waals surface area contributed by atoms with Gasteiger partial charge in [-0.15, -0.1) is 0 Å². The van der Waals surface area contributed by atoms with Gasteiger partial charge in [0.2, 0.25) is 0 Å². The Hall–Kier alpha value is -1.39. The Morgan fingerprint density at radius 2 is 1.89 bits per heavy atom. The van der Waals surface area contributed by atoms with E-state index in [-0.39, 0.29) is 0 Å². The van der Waals surface area contributed by atoms with Gasteiger partial charge in [0.15, 0.2) is 0 Å². The van der Waals surface area contributed by atoms with Crippen LogP contribution in [0.5, 0.6) is 0 Å². The minimum Gasteiger partial charge on any atom is -0.480 e. The minimum absolute atomic E-state index is 0.502. The number of hydrogen-bond donors (Lipinski definition) is 1. The van der Waals surface area contributed by atoms with Gasteiger partial charge in [-0.05, 0) is 0 Å². The molecule has 0 aliphatic heterocycles. The number of hydrogen-bond acceptors (Lipinski definition) is 3. The Bertz CT molecular complexity index is 278. The van der Waals surface area contributed by atoms with Crippen molar-refractivity contribution in [2.75, 3.05) is 0 Å². The zero-order valence-corrected chi connectivity index (χ0v) is 4.33. The van der Waals surface area contributed by atoms with Crippen molar-refractivity contribution in [2.45, 2.75) is 6.54 Å². The van der Waals surface area contributed by atoms with Gasteiger partial charge in [0.1, 0.15) is 6.54 Å². The van der Waals surface area contributed by atoms with Crippen molar-refractivity contribution in [2.24, 2.45) is 0 Å². The van der Waals surface area contributed by atoms with Crippen molar-refractivity contribution < 1.29 is 9.90 Å². The van der Waals surface area contributed by atoms with Gasteiger partial charge >= 0.3 is 17.1 Å². The molecular weight excluding hydrogens is 126 g/mol. The van der Waals surface area contributed by atoms with Crippen LogP contribution in [0.25, 0.3) is 0 Å². The molecule has 0 saturated heterocycles. The molecule has 0 aliphatic rings. The van der Waals surface area contributed by atoms with Gasteiger partial charge in [0, 0.05) is 0 Å². The summed E-state index contributed by atoms with van der Waals surface area (Å²) >= 11 is 0. The molecule has 1 heterocycles. The van der Waals surface area contributed by atoms with E-state index in [4.69, 9.17) is 5.11 Å². The summed E-state index contributed by atoms with van der Waals surface area (Å²) in [6.07, 6.45) is 0. The average molecular weight is 129 g/mol. The van der Waals surface area contributed by atoms with Crippen LogP contribution in [-0.2, 0) is 11.3 Å². The van der Waals surface area contributed by atoms with E-state index in [1.807, 2.05) is 0 Å². The lowest BCUT2D eigenvalue weighted by atomic mass is 10.7. The Kier molecular flexibility index (Phi) is 0.985. The maximum absolute atomic E-state index is 10.1. The van der Waals surface area contributed by atoms with Crippen LogP contribution in [0.4, 0.5) is 0 Å². The summed E-state index contributed by atoms with van der Waals surface area (Å²) in [4.78, 5) is 29.9. The predicted molar refractivity (Wildman–Crippen MR) is 27.0 cm³/mol. The van der Waals surface area contributed by atoms with E-state index in [0.29, 0.717) is 4.57 Å². The van der Waals surface area contributed by atoms with Crippen molar-refractivity contribution in [3.8, 4) is 0 Å². The third-order valence-corrected chi connectivity index (χ3v) is 0.917. The molecule has 48 valence electrons. The topological polar surface area (TPSA) is 76.4 Å². The average Bonchev–Trinajstić information content (AvgIpc) is 2.22. The lowest BCUT2D eigenvalue weighted by Gasteiger charge is -1.80. The van der Waals surface area contributed by atoms with Crippen LogP contribution in [0.15, 0.2) is 9.59 Å². The number of carboxylic acids is 1. The van der Waals surface area contributed by atoms with Gasteiger partial charge in [0.05, 0.1) is 0 Å². The SMILES string of the molecule is O=C(O)Cn1c(=O)c1=O. The van der Waals surface area contributed by atoms with Crippen LogP contribution in [0, 0.1) is 0 Å². The summed E-state index contributed by atoms with van der Waals surface area (Å²) in [5, 5.41) is 8.01. The zero-order valence-electron chi connectivity index (χ0n) is 4.33. The molecule has 0 unspecified atom stereocenters. The van der Waals surface area contributed by atoms with Gasteiger partial charge < -0.3 is 5.11 Å². The number of nitrogens with zero attached hydrogens (tertiary/aromatic N) is 1. The quantitative estimate of drug-likeness (QED) is 0.476. The van der Waals surface area contributed by atoms with Crippen molar-refractivity contribution >= 4 is 5.97 Å². The van der Waals surface area contributed by atoms with Crippen molar-refractivity contribution in [3.05, 3.63) is 20.7 Å². The first-order valence-electron chi connectivity index (χ1n) is 2.20. The Balaban J connectivity index is 2.72. The highest BCUT2D eigenvalue weighted by molar-refractivity contribution is 5.66. The van der Waals surface area contributed by atoms with Crippen LogP contribution >= 0.6 is 0 Å². The fourth-order valence-corrected chi connectivity index (χ4v) is 0.443. The van der Waals surface area contributed by atoms with E-state index in [1.54, 1.807) is 0 Å². The molecule has 0 amide bonds. The lowest BCUT2D eigenvalue weighted by molar-refractivity contribution is -0.137. The summed E-state index contributed by atoms with van der Waals surface area (Å²) in [5.41, 5.74) is -1.42. The Morgan fingerprint density at radius 1 is 1.44 bits per heavy atom. The molecule has 1 aromatic rings. The summed E-state index contributed by atoms with van der Waals surface area (Å²) < 4.78 is 0.655. The molecule has 0 fully saturated rings. The van der Waals surface area contributed by atoms with Crippen LogP contribution in [-0.4, -0.2) is 15.6 Å². The van der Waals surface area contributed by atoms with Crippen molar-refractivity contribution in [3.63, 3.8) is 0 Å². The molecular formula is C4H3NO4. The summed E-state index contributed by atoms with van der Waals surface area (Å²) in [5.74, 6) is -1.17. The van der Waals surface area contributed by atoms with E-state index in [9.17, 15) is 14.4 Å². The second-order valence-electron chi connectivity index (χ2n) is 1.59.